The van der Waals surface area contributed by atoms with E-state index in [1.807, 2.05) is 0 Å². The Bertz CT molecular complexity index is 698. The van der Waals surface area contributed by atoms with Gasteiger partial charge in [0.05, 0.1) is 12.4 Å². The SMILES string of the molecule is Cc1ccc(C2CCN(c3cnc(C(=O)O)cn3)C2)c(C)c1. The van der Waals surface area contributed by atoms with Crippen LogP contribution in [-0.4, -0.2) is 34.1 Å². The molecule has 1 N–H and O–H groups in total. The van der Waals surface area contributed by atoms with Crippen molar-refractivity contribution in [2.75, 3.05) is 18.0 Å². The highest BCUT2D eigenvalue weighted by Crippen LogP contribution is 2.31. The number of carboxylic acid groups (broad SMARTS) is 1. The zero-order valence-electron chi connectivity index (χ0n) is 12.8. The van der Waals surface area contributed by atoms with Gasteiger partial charge in [0.1, 0.15) is 5.82 Å². The number of aryl methyl sites for hydroxylation is 2. The molecule has 1 aromatic carbocycles. The van der Waals surface area contributed by atoms with E-state index in [2.05, 4.69) is 46.9 Å². The fraction of sp³-hybridized carbons (Fsp3) is 0.353. The Hall–Kier alpha value is -2.43. The third kappa shape index (κ3) is 2.79. The van der Waals surface area contributed by atoms with Crippen molar-refractivity contribution in [3.05, 3.63) is 53.0 Å². The van der Waals surface area contributed by atoms with Gasteiger partial charge in [0, 0.05) is 19.0 Å². The normalized spacial score (nSPS) is 17.7. The van der Waals surface area contributed by atoms with E-state index in [0.29, 0.717) is 5.92 Å². The van der Waals surface area contributed by atoms with Gasteiger partial charge in [0.15, 0.2) is 5.69 Å². The fourth-order valence-corrected chi connectivity index (χ4v) is 3.10. The summed E-state index contributed by atoms with van der Waals surface area (Å²) >= 11 is 0. The molecule has 1 aliphatic heterocycles. The van der Waals surface area contributed by atoms with Gasteiger partial charge in [-0.15, -0.1) is 0 Å². The van der Waals surface area contributed by atoms with Crippen molar-refractivity contribution in [3.8, 4) is 0 Å². The van der Waals surface area contributed by atoms with Crippen LogP contribution in [0.4, 0.5) is 5.82 Å². The van der Waals surface area contributed by atoms with E-state index in [1.54, 1.807) is 6.20 Å². The zero-order valence-corrected chi connectivity index (χ0v) is 12.8. The summed E-state index contributed by atoms with van der Waals surface area (Å²) in [6, 6.07) is 6.60. The first-order valence-electron chi connectivity index (χ1n) is 7.42. The predicted molar refractivity (Wildman–Crippen MR) is 84.5 cm³/mol. The summed E-state index contributed by atoms with van der Waals surface area (Å²) in [7, 11) is 0. The Morgan fingerprint density at radius 3 is 2.73 bits per heavy atom. The van der Waals surface area contributed by atoms with Crippen molar-refractivity contribution < 1.29 is 9.90 Å². The molecule has 0 aliphatic carbocycles. The monoisotopic (exact) mass is 297 g/mol. The second-order valence-electron chi connectivity index (χ2n) is 5.86. The van der Waals surface area contributed by atoms with E-state index in [0.717, 1.165) is 25.3 Å². The molecular weight excluding hydrogens is 278 g/mol. The number of hydrogen-bond donors (Lipinski definition) is 1. The minimum Gasteiger partial charge on any atom is -0.476 e. The molecule has 1 unspecified atom stereocenters. The van der Waals surface area contributed by atoms with Crippen LogP contribution in [-0.2, 0) is 0 Å². The van der Waals surface area contributed by atoms with Crippen LogP contribution in [0.2, 0.25) is 0 Å². The lowest BCUT2D eigenvalue weighted by Crippen LogP contribution is -2.21. The average molecular weight is 297 g/mol. The van der Waals surface area contributed by atoms with E-state index in [-0.39, 0.29) is 5.69 Å². The summed E-state index contributed by atoms with van der Waals surface area (Å²) in [5.41, 5.74) is 3.99. The molecule has 0 spiro atoms. The molecule has 5 nitrogen and oxygen atoms in total. The van der Waals surface area contributed by atoms with Gasteiger partial charge in [-0.3, -0.25) is 0 Å². The summed E-state index contributed by atoms with van der Waals surface area (Å²) in [6.07, 6.45) is 3.95. The number of aromatic nitrogens is 2. The largest absolute Gasteiger partial charge is 0.476 e. The lowest BCUT2D eigenvalue weighted by atomic mass is 9.93. The molecule has 2 aromatic rings. The van der Waals surface area contributed by atoms with E-state index in [1.165, 1.54) is 22.9 Å². The number of carbonyl (C=O) groups is 1. The van der Waals surface area contributed by atoms with Crippen molar-refractivity contribution in [1.29, 1.82) is 0 Å². The van der Waals surface area contributed by atoms with Crippen LogP contribution < -0.4 is 4.90 Å². The Kier molecular flexibility index (Phi) is 3.79. The lowest BCUT2D eigenvalue weighted by molar-refractivity contribution is 0.0690. The Morgan fingerprint density at radius 2 is 2.09 bits per heavy atom. The maximum Gasteiger partial charge on any atom is 0.356 e. The average Bonchev–Trinajstić information content (AvgIpc) is 2.97. The number of nitrogens with zero attached hydrogens (tertiary/aromatic N) is 3. The van der Waals surface area contributed by atoms with E-state index in [4.69, 9.17) is 5.11 Å². The topological polar surface area (TPSA) is 66.3 Å². The van der Waals surface area contributed by atoms with Gasteiger partial charge < -0.3 is 10.0 Å². The molecular formula is C17H19N3O2. The molecule has 5 heteroatoms. The van der Waals surface area contributed by atoms with Crippen molar-refractivity contribution in [2.45, 2.75) is 26.2 Å². The van der Waals surface area contributed by atoms with Crippen LogP contribution in [0.1, 0.15) is 39.5 Å². The molecule has 1 fully saturated rings. The van der Waals surface area contributed by atoms with Gasteiger partial charge in [-0.2, -0.15) is 0 Å². The minimum atomic E-state index is -1.05. The smallest absolute Gasteiger partial charge is 0.356 e. The summed E-state index contributed by atoms with van der Waals surface area (Å²) in [5, 5.41) is 8.87. The second kappa shape index (κ2) is 5.75. The number of aromatic carboxylic acids is 1. The third-order valence-corrected chi connectivity index (χ3v) is 4.23. The highest BCUT2D eigenvalue weighted by molar-refractivity contribution is 5.84. The van der Waals surface area contributed by atoms with Crippen molar-refractivity contribution >= 4 is 11.8 Å². The maximum absolute atomic E-state index is 10.8. The highest BCUT2D eigenvalue weighted by atomic mass is 16.4. The Labute approximate surface area is 129 Å². The van der Waals surface area contributed by atoms with Crippen molar-refractivity contribution in [2.24, 2.45) is 0 Å². The van der Waals surface area contributed by atoms with Gasteiger partial charge in [-0.25, -0.2) is 14.8 Å². The molecule has 1 saturated heterocycles. The van der Waals surface area contributed by atoms with Crippen molar-refractivity contribution in [1.82, 2.24) is 9.97 Å². The lowest BCUT2D eigenvalue weighted by Gasteiger charge is -2.18. The predicted octanol–water partition coefficient (Wildman–Crippen LogP) is 2.79. The first kappa shape index (κ1) is 14.5. The van der Waals surface area contributed by atoms with Crippen LogP contribution in [0, 0.1) is 13.8 Å². The van der Waals surface area contributed by atoms with Gasteiger partial charge in [-0.1, -0.05) is 23.8 Å². The summed E-state index contributed by atoms with van der Waals surface area (Å²) in [4.78, 5) is 21.2. The quantitative estimate of drug-likeness (QED) is 0.943. The first-order valence-corrected chi connectivity index (χ1v) is 7.42. The number of benzene rings is 1. The Balaban J connectivity index is 1.75. The summed E-state index contributed by atoms with van der Waals surface area (Å²) < 4.78 is 0. The van der Waals surface area contributed by atoms with E-state index >= 15 is 0 Å². The number of carboxylic acids is 1. The van der Waals surface area contributed by atoms with E-state index < -0.39 is 5.97 Å². The molecule has 0 amide bonds. The van der Waals surface area contributed by atoms with Gasteiger partial charge in [-0.05, 0) is 31.4 Å². The molecule has 0 saturated carbocycles. The van der Waals surface area contributed by atoms with E-state index in [9.17, 15) is 4.79 Å². The molecule has 114 valence electrons. The first-order chi connectivity index (χ1) is 10.5. The van der Waals surface area contributed by atoms with Crippen LogP contribution in [0.25, 0.3) is 0 Å². The Morgan fingerprint density at radius 1 is 1.27 bits per heavy atom. The van der Waals surface area contributed by atoms with Crippen LogP contribution >= 0.6 is 0 Å². The van der Waals surface area contributed by atoms with Crippen LogP contribution in [0.15, 0.2) is 30.6 Å². The second-order valence-corrected chi connectivity index (χ2v) is 5.86. The minimum absolute atomic E-state index is 0.0196. The molecule has 22 heavy (non-hydrogen) atoms. The maximum atomic E-state index is 10.8. The summed E-state index contributed by atoms with van der Waals surface area (Å²) in [6.45, 7) is 6.08. The number of hydrogen-bond acceptors (Lipinski definition) is 4. The molecule has 1 atom stereocenters. The molecule has 2 heterocycles. The van der Waals surface area contributed by atoms with Crippen LogP contribution in [0.3, 0.4) is 0 Å². The van der Waals surface area contributed by atoms with Gasteiger partial charge >= 0.3 is 5.97 Å². The number of rotatable bonds is 3. The van der Waals surface area contributed by atoms with Gasteiger partial charge in [0.2, 0.25) is 0 Å². The van der Waals surface area contributed by atoms with Crippen molar-refractivity contribution in [3.63, 3.8) is 0 Å². The number of anilines is 1. The third-order valence-electron chi connectivity index (χ3n) is 4.23. The van der Waals surface area contributed by atoms with Crippen LogP contribution in [0.5, 0.6) is 0 Å². The molecule has 3 rings (SSSR count). The highest BCUT2D eigenvalue weighted by Gasteiger charge is 2.26. The molecule has 1 aliphatic rings. The standard InChI is InChI=1S/C17H19N3O2/c1-11-3-4-14(12(2)7-11)13-5-6-20(10-13)16-9-18-15(8-19-16)17(21)22/h3-4,7-9,13H,5-6,10H2,1-2H3,(H,21,22). The molecule has 0 radical (unpaired) electrons. The molecule has 1 aromatic heterocycles. The van der Waals surface area contributed by atoms with Gasteiger partial charge in [0.25, 0.3) is 0 Å². The molecule has 0 bridgehead atoms. The summed E-state index contributed by atoms with van der Waals surface area (Å²) in [5.74, 6) is 0.187. The fourth-order valence-electron chi connectivity index (χ4n) is 3.10. The zero-order chi connectivity index (χ0) is 15.7.